The summed E-state index contributed by atoms with van der Waals surface area (Å²) in [5.74, 6) is 0. The number of aliphatic hydroxyl groups is 2. The van der Waals surface area contributed by atoms with Crippen LogP contribution >= 0.6 is 0 Å². The van der Waals surface area contributed by atoms with E-state index in [2.05, 4.69) is 42.5 Å². The van der Waals surface area contributed by atoms with Gasteiger partial charge in [0.25, 0.3) is 0 Å². The molecule has 0 spiro atoms. The Morgan fingerprint density at radius 3 is 2.36 bits per heavy atom. The number of hydrogen-bond donors (Lipinski definition) is 2. The molecule has 2 unspecified atom stereocenters. The number of rotatable bonds is 0. The van der Waals surface area contributed by atoms with Crippen molar-refractivity contribution >= 4 is 16.8 Å². The Balaban J connectivity index is 1.93. The van der Waals surface area contributed by atoms with Crippen molar-refractivity contribution in [2.45, 2.75) is 12.2 Å². The lowest BCUT2D eigenvalue weighted by atomic mass is 9.86. The third-order valence-corrected chi connectivity index (χ3v) is 4.85. The molecule has 2 aliphatic rings. The third kappa shape index (κ3) is 1.36. The summed E-state index contributed by atoms with van der Waals surface area (Å²) >= 11 is 0. The third-order valence-electron chi connectivity index (χ3n) is 4.85. The van der Waals surface area contributed by atoms with Gasteiger partial charge in [-0.2, -0.15) is 0 Å². The average molecular weight is 286 g/mol. The van der Waals surface area contributed by atoms with Crippen molar-refractivity contribution in [3.05, 3.63) is 65.7 Å². The lowest BCUT2D eigenvalue weighted by Crippen LogP contribution is -2.19. The van der Waals surface area contributed by atoms with Gasteiger partial charge in [-0.15, -0.1) is 0 Å². The summed E-state index contributed by atoms with van der Waals surface area (Å²) < 4.78 is 0. The topological polar surface area (TPSA) is 40.5 Å². The molecule has 0 radical (unpaired) electrons. The van der Waals surface area contributed by atoms with E-state index in [1.165, 1.54) is 33.0 Å². The van der Waals surface area contributed by atoms with E-state index < -0.39 is 12.2 Å². The number of fused-ring (bicyclic) bond motifs is 5. The predicted octanol–water partition coefficient (Wildman–Crippen LogP) is 3.91. The van der Waals surface area contributed by atoms with Crippen LogP contribution in [0.1, 0.15) is 17.2 Å². The van der Waals surface area contributed by atoms with Crippen LogP contribution in [0.4, 0.5) is 0 Å². The fraction of sp³-hybridized carbons (Fsp3) is 0.100. The van der Waals surface area contributed by atoms with Crippen molar-refractivity contribution in [2.75, 3.05) is 0 Å². The monoisotopic (exact) mass is 286 g/mol. The van der Waals surface area contributed by atoms with Crippen molar-refractivity contribution in [2.24, 2.45) is 0 Å². The number of aliphatic hydroxyl groups excluding tert-OH is 2. The molecule has 2 aliphatic carbocycles. The maximum atomic E-state index is 10.3. The molecule has 0 saturated heterocycles. The van der Waals surface area contributed by atoms with E-state index in [0.29, 0.717) is 0 Å². The molecule has 2 atom stereocenters. The minimum absolute atomic E-state index is 0.804. The van der Waals surface area contributed by atoms with Crippen molar-refractivity contribution in [3.8, 4) is 22.3 Å². The van der Waals surface area contributed by atoms with Crippen LogP contribution in [-0.4, -0.2) is 16.3 Å². The van der Waals surface area contributed by atoms with Crippen LogP contribution in [0.2, 0.25) is 0 Å². The molecule has 2 N–H and O–H groups in total. The molecule has 5 rings (SSSR count). The molecular formula is C20H14O2. The summed E-state index contributed by atoms with van der Waals surface area (Å²) in [5, 5.41) is 22.6. The Labute approximate surface area is 128 Å². The predicted molar refractivity (Wildman–Crippen MR) is 88.4 cm³/mol. The van der Waals surface area contributed by atoms with Crippen LogP contribution in [-0.2, 0) is 0 Å². The maximum absolute atomic E-state index is 10.3. The highest BCUT2D eigenvalue weighted by Crippen LogP contribution is 2.50. The van der Waals surface area contributed by atoms with Gasteiger partial charge in [0.2, 0.25) is 0 Å². The molecule has 3 aromatic carbocycles. The van der Waals surface area contributed by atoms with Crippen molar-refractivity contribution < 1.29 is 10.2 Å². The van der Waals surface area contributed by atoms with Crippen LogP contribution in [0.25, 0.3) is 39.1 Å². The van der Waals surface area contributed by atoms with E-state index in [1.54, 1.807) is 6.08 Å². The van der Waals surface area contributed by atoms with Crippen LogP contribution in [0, 0.1) is 0 Å². The Bertz CT molecular complexity index is 964. The summed E-state index contributed by atoms with van der Waals surface area (Å²) in [4.78, 5) is 0. The van der Waals surface area contributed by atoms with E-state index >= 15 is 0 Å². The van der Waals surface area contributed by atoms with Gasteiger partial charge < -0.3 is 10.2 Å². The number of benzene rings is 3. The zero-order chi connectivity index (χ0) is 14.8. The highest BCUT2D eigenvalue weighted by molar-refractivity contribution is 6.16. The molecular weight excluding hydrogens is 272 g/mol. The minimum atomic E-state index is -0.854. The van der Waals surface area contributed by atoms with Crippen LogP contribution in [0.3, 0.4) is 0 Å². The minimum Gasteiger partial charge on any atom is -0.386 e. The first-order valence-corrected chi connectivity index (χ1v) is 7.49. The quantitative estimate of drug-likeness (QED) is 0.514. The highest BCUT2D eigenvalue weighted by atomic mass is 16.3. The molecule has 2 heteroatoms. The van der Waals surface area contributed by atoms with E-state index in [9.17, 15) is 10.2 Å². The first-order valence-electron chi connectivity index (χ1n) is 7.49. The highest BCUT2D eigenvalue weighted by Gasteiger charge is 2.29. The molecule has 0 aliphatic heterocycles. The fourth-order valence-corrected chi connectivity index (χ4v) is 3.85. The van der Waals surface area contributed by atoms with Gasteiger partial charge in [-0.3, -0.25) is 0 Å². The first kappa shape index (κ1) is 12.2. The Morgan fingerprint density at radius 1 is 0.773 bits per heavy atom. The van der Waals surface area contributed by atoms with Gasteiger partial charge in [0.1, 0.15) is 12.2 Å². The molecule has 22 heavy (non-hydrogen) atoms. The van der Waals surface area contributed by atoms with E-state index in [-0.39, 0.29) is 0 Å². The molecule has 0 bridgehead atoms. The summed E-state index contributed by atoms with van der Waals surface area (Å²) in [5.41, 5.74) is 6.68. The standard InChI is InChI=1S/C20H14O2/c21-17-10-9-14-15(20(17)22)8-7-13-12-5-1-3-11-4-2-6-16(18(11)12)19(13)14/h1-10,17,20-22H. The summed E-state index contributed by atoms with van der Waals surface area (Å²) in [6, 6.07) is 16.7. The second-order valence-electron chi connectivity index (χ2n) is 5.99. The lowest BCUT2D eigenvalue weighted by Gasteiger charge is -2.24. The molecule has 2 nitrogen and oxygen atoms in total. The Hall–Kier alpha value is -2.42. The SMILES string of the molecule is OC1C=Cc2c(ccc3c2-c2cccc4cccc-3c24)C1O. The van der Waals surface area contributed by atoms with Crippen LogP contribution in [0.5, 0.6) is 0 Å². The second kappa shape index (κ2) is 4.07. The molecule has 106 valence electrons. The number of hydrogen-bond acceptors (Lipinski definition) is 2. The van der Waals surface area contributed by atoms with Crippen molar-refractivity contribution in [1.29, 1.82) is 0 Å². The summed E-state index contributed by atoms with van der Waals surface area (Å²) in [6.07, 6.45) is 1.94. The Morgan fingerprint density at radius 2 is 1.55 bits per heavy atom. The molecule has 0 fully saturated rings. The van der Waals surface area contributed by atoms with Crippen LogP contribution in [0.15, 0.2) is 54.6 Å². The van der Waals surface area contributed by atoms with Gasteiger partial charge in [0.05, 0.1) is 0 Å². The van der Waals surface area contributed by atoms with E-state index in [1.807, 2.05) is 12.1 Å². The van der Waals surface area contributed by atoms with Gasteiger partial charge in [0, 0.05) is 0 Å². The van der Waals surface area contributed by atoms with Gasteiger partial charge in [-0.25, -0.2) is 0 Å². The van der Waals surface area contributed by atoms with Gasteiger partial charge >= 0.3 is 0 Å². The van der Waals surface area contributed by atoms with Crippen molar-refractivity contribution in [1.82, 2.24) is 0 Å². The molecule has 3 aromatic rings. The molecule has 0 saturated carbocycles. The second-order valence-corrected chi connectivity index (χ2v) is 5.99. The Kier molecular flexibility index (Phi) is 2.25. The van der Waals surface area contributed by atoms with Gasteiger partial charge in [-0.05, 0) is 44.2 Å². The summed E-state index contributed by atoms with van der Waals surface area (Å²) in [7, 11) is 0. The molecule has 0 aromatic heterocycles. The zero-order valence-corrected chi connectivity index (χ0v) is 11.8. The normalized spacial score (nSPS) is 21.0. The first-order chi connectivity index (χ1) is 10.8. The van der Waals surface area contributed by atoms with Crippen molar-refractivity contribution in [3.63, 3.8) is 0 Å². The smallest absolute Gasteiger partial charge is 0.109 e. The van der Waals surface area contributed by atoms with Gasteiger partial charge in [-0.1, -0.05) is 60.7 Å². The lowest BCUT2D eigenvalue weighted by molar-refractivity contribution is 0.0470. The van der Waals surface area contributed by atoms with E-state index in [0.717, 1.165) is 11.1 Å². The van der Waals surface area contributed by atoms with Crippen LogP contribution < -0.4 is 0 Å². The molecule has 0 heterocycles. The maximum Gasteiger partial charge on any atom is 0.109 e. The average Bonchev–Trinajstić information content (AvgIpc) is 2.88. The fourth-order valence-electron chi connectivity index (χ4n) is 3.85. The largest absolute Gasteiger partial charge is 0.386 e. The zero-order valence-electron chi connectivity index (χ0n) is 11.8. The molecule has 0 amide bonds. The summed E-state index contributed by atoms with van der Waals surface area (Å²) in [6.45, 7) is 0. The van der Waals surface area contributed by atoms with E-state index in [4.69, 9.17) is 0 Å². The van der Waals surface area contributed by atoms with Gasteiger partial charge in [0.15, 0.2) is 0 Å².